The molecule has 6 atom stereocenters. The topological polar surface area (TPSA) is 69.0 Å². The normalized spacial score (nSPS) is 35.4. The van der Waals surface area contributed by atoms with E-state index < -0.39 is 0 Å². The van der Waals surface area contributed by atoms with Crippen LogP contribution in [0.15, 0.2) is 52.1 Å². The molecule has 148 valence electrons. The summed E-state index contributed by atoms with van der Waals surface area (Å²) >= 11 is 0. The number of allylic oxidation sites excluding steroid dienone is 1. The first kappa shape index (κ1) is 17.7. The van der Waals surface area contributed by atoms with Crippen molar-refractivity contribution >= 4 is 0 Å². The van der Waals surface area contributed by atoms with E-state index in [0.717, 1.165) is 6.42 Å². The molecule has 4 aliphatic rings. The quantitative estimate of drug-likeness (QED) is 0.810. The van der Waals surface area contributed by atoms with Crippen LogP contribution in [0.25, 0.3) is 0 Å². The minimum absolute atomic E-state index is 0.0339. The molecule has 4 bridgehead atoms. The summed E-state index contributed by atoms with van der Waals surface area (Å²) in [7, 11) is 0. The molecule has 0 unspecified atom stereocenters. The third kappa shape index (κ3) is 2.12. The highest BCUT2D eigenvalue weighted by Crippen LogP contribution is 2.76. The van der Waals surface area contributed by atoms with E-state index in [0.29, 0.717) is 18.4 Å². The highest BCUT2D eigenvalue weighted by molar-refractivity contribution is 5.46. The third-order valence-corrected chi connectivity index (χ3v) is 7.12. The van der Waals surface area contributed by atoms with Crippen LogP contribution in [0.5, 0.6) is 0 Å². The van der Waals surface area contributed by atoms with Gasteiger partial charge in [-0.3, -0.25) is 0 Å². The molecule has 0 spiro atoms. The van der Waals surface area contributed by atoms with E-state index in [9.17, 15) is 9.59 Å². The summed E-state index contributed by atoms with van der Waals surface area (Å²) in [6.45, 7) is 6.37. The maximum atomic E-state index is 13.2. The number of fused-ring (bicyclic) bond motifs is 1. The zero-order valence-electron chi connectivity index (χ0n) is 16.5. The van der Waals surface area contributed by atoms with E-state index in [2.05, 4.69) is 41.5 Å². The molecule has 1 aromatic heterocycles. The van der Waals surface area contributed by atoms with Crippen molar-refractivity contribution in [2.24, 2.45) is 17.8 Å². The largest absolute Gasteiger partial charge is 0.374 e. The number of benzene rings is 1. The first-order valence-electron chi connectivity index (χ1n) is 10.3. The van der Waals surface area contributed by atoms with E-state index in [1.807, 2.05) is 26.8 Å². The van der Waals surface area contributed by atoms with Gasteiger partial charge in [-0.15, -0.1) is 0 Å². The van der Waals surface area contributed by atoms with Gasteiger partial charge in [0.15, 0.2) is 0 Å². The molecule has 1 heterocycles. The molecule has 1 N–H and O–H groups in total. The van der Waals surface area contributed by atoms with Crippen molar-refractivity contribution in [2.45, 2.75) is 50.8 Å². The average molecular weight is 381 g/mol. The van der Waals surface area contributed by atoms with Gasteiger partial charge in [-0.2, -0.15) is 0 Å². The Morgan fingerprint density at radius 2 is 1.96 bits per heavy atom. The molecule has 2 aromatic rings. The van der Waals surface area contributed by atoms with Crippen LogP contribution in [0.1, 0.15) is 44.8 Å². The van der Waals surface area contributed by atoms with E-state index in [1.54, 1.807) is 4.68 Å². The lowest BCUT2D eigenvalue weighted by Gasteiger charge is -2.32. The molecule has 2 saturated carbocycles. The number of rotatable bonds is 5. The molecule has 0 radical (unpaired) electrons. The van der Waals surface area contributed by atoms with Gasteiger partial charge in [-0.05, 0) is 44.6 Å². The van der Waals surface area contributed by atoms with Gasteiger partial charge in [0.05, 0.1) is 12.1 Å². The molecule has 1 aromatic carbocycles. The Morgan fingerprint density at radius 1 is 1.21 bits per heavy atom. The lowest BCUT2D eigenvalue weighted by Crippen LogP contribution is -2.40. The molecule has 6 heteroatoms. The smallest absolute Gasteiger partial charge is 0.347 e. The van der Waals surface area contributed by atoms with Crippen LogP contribution in [0.3, 0.4) is 0 Å². The molecule has 6 nitrogen and oxygen atoms in total. The standard InChI is InChI=1S/C22H27N3O3/c1-4-28-18-11-10-16-17-12-15(18)19(22(16,17)14-8-6-5-7-9-14)25-21(27)24(13(2)3)20(26)23-25/h5-11,13,15-19H,4,12H2,1-3H3,(H,23,26)/t15-,16-,17+,18+,19-,22-/m0/s1. The maximum absolute atomic E-state index is 13.2. The summed E-state index contributed by atoms with van der Waals surface area (Å²) in [6.07, 6.45) is 5.45. The molecule has 2 fully saturated rings. The predicted molar refractivity (Wildman–Crippen MR) is 106 cm³/mol. The Kier molecular flexibility index (Phi) is 3.85. The van der Waals surface area contributed by atoms with E-state index >= 15 is 0 Å². The lowest BCUT2D eigenvalue weighted by atomic mass is 9.82. The van der Waals surface area contributed by atoms with Crippen molar-refractivity contribution in [3.05, 3.63) is 69.0 Å². The van der Waals surface area contributed by atoms with Gasteiger partial charge >= 0.3 is 11.4 Å². The fourth-order valence-corrected chi connectivity index (χ4v) is 6.16. The van der Waals surface area contributed by atoms with E-state index in [4.69, 9.17) is 4.74 Å². The first-order valence-corrected chi connectivity index (χ1v) is 10.3. The molecule has 0 saturated heterocycles. The van der Waals surface area contributed by atoms with Crippen LogP contribution >= 0.6 is 0 Å². The number of ether oxygens (including phenoxy) is 1. The minimum atomic E-state index is -0.331. The zero-order chi connectivity index (χ0) is 19.6. The fraction of sp³-hybridized carbons (Fsp3) is 0.545. The van der Waals surface area contributed by atoms with Gasteiger partial charge < -0.3 is 4.74 Å². The summed E-state index contributed by atoms with van der Waals surface area (Å²) in [5, 5.41) is 2.89. The lowest BCUT2D eigenvalue weighted by molar-refractivity contribution is 0.0323. The summed E-state index contributed by atoms with van der Waals surface area (Å²) in [4.78, 5) is 25.8. The van der Waals surface area contributed by atoms with Crippen LogP contribution in [0.2, 0.25) is 0 Å². The maximum Gasteiger partial charge on any atom is 0.347 e. The minimum Gasteiger partial charge on any atom is -0.374 e. The number of aromatic nitrogens is 3. The van der Waals surface area contributed by atoms with Gasteiger partial charge in [0.1, 0.15) is 0 Å². The van der Waals surface area contributed by atoms with E-state index in [1.165, 1.54) is 10.1 Å². The first-order chi connectivity index (χ1) is 13.5. The van der Waals surface area contributed by atoms with E-state index in [-0.39, 0.29) is 40.9 Å². The highest BCUT2D eigenvalue weighted by atomic mass is 16.5. The van der Waals surface area contributed by atoms with Gasteiger partial charge in [-0.1, -0.05) is 42.5 Å². The number of hydrogen-bond donors (Lipinski definition) is 1. The highest BCUT2D eigenvalue weighted by Gasteiger charge is 2.76. The van der Waals surface area contributed by atoms with Crippen LogP contribution in [-0.2, 0) is 10.2 Å². The number of hydrogen-bond acceptors (Lipinski definition) is 3. The second kappa shape index (κ2) is 6.08. The van der Waals surface area contributed by atoms with Crippen LogP contribution in [-0.4, -0.2) is 27.1 Å². The Morgan fingerprint density at radius 3 is 2.61 bits per heavy atom. The van der Waals surface area contributed by atoms with Crippen molar-refractivity contribution in [1.82, 2.24) is 14.3 Å². The summed E-state index contributed by atoms with van der Waals surface area (Å²) in [5.74, 6) is 1.01. The molecule has 6 rings (SSSR count). The Bertz CT molecular complexity index is 1030. The molecule has 0 amide bonds. The van der Waals surface area contributed by atoms with Gasteiger partial charge in [0, 0.05) is 24.0 Å². The Hall–Kier alpha value is -2.34. The SMILES string of the molecule is CCO[C@@H]1C=C[C@H]2[C@H]3C[C@@H]1[C@H](n1[nH]c(=O)n(C(C)C)c1=O)[C@]32c1ccccc1. The molecular weight excluding hydrogens is 354 g/mol. The summed E-state index contributed by atoms with van der Waals surface area (Å²) in [5.41, 5.74) is 0.533. The summed E-state index contributed by atoms with van der Waals surface area (Å²) in [6, 6.07) is 10.2. The molecule has 0 aliphatic heterocycles. The molecular formula is C22H27N3O3. The van der Waals surface area contributed by atoms with Gasteiger partial charge in [0.2, 0.25) is 0 Å². The monoisotopic (exact) mass is 381 g/mol. The van der Waals surface area contributed by atoms with Crippen LogP contribution < -0.4 is 11.4 Å². The van der Waals surface area contributed by atoms with Crippen LogP contribution in [0.4, 0.5) is 0 Å². The number of nitrogens with zero attached hydrogens (tertiary/aromatic N) is 2. The predicted octanol–water partition coefficient (Wildman–Crippen LogP) is 2.64. The van der Waals surface area contributed by atoms with Crippen LogP contribution in [0, 0.1) is 17.8 Å². The molecule has 28 heavy (non-hydrogen) atoms. The van der Waals surface area contributed by atoms with Gasteiger partial charge in [0.25, 0.3) is 0 Å². The number of H-pyrrole nitrogens is 1. The van der Waals surface area contributed by atoms with Crippen molar-refractivity contribution in [3.63, 3.8) is 0 Å². The summed E-state index contributed by atoms with van der Waals surface area (Å²) < 4.78 is 9.01. The fourth-order valence-electron chi connectivity index (χ4n) is 6.16. The Labute approximate surface area is 163 Å². The van der Waals surface area contributed by atoms with Crippen molar-refractivity contribution < 1.29 is 4.74 Å². The van der Waals surface area contributed by atoms with Crippen molar-refractivity contribution in [1.29, 1.82) is 0 Å². The second-order valence-electron chi connectivity index (χ2n) is 8.61. The number of aromatic amines is 1. The zero-order valence-corrected chi connectivity index (χ0v) is 16.5. The van der Waals surface area contributed by atoms with Crippen molar-refractivity contribution in [2.75, 3.05) is 6.61 Å². The number of nitrogens with one attached hydrogen (secondary N) is 1. The third-order valence-electron chi connectivity index (χ3n) is 7.12. The second-order valence-corrected chi connectivity index (χ2v) is 8.61. The average Bonchev–Trinajstić information content (AvgIpc) is 3.13. The van der Waals surface area contributed by atoms with Gasteiger partial charge in [-0.25, -0.2) is 23.9 Å². The molecule has 4 aliphatic carbocycles. The Balaban J connectivity index is 1.71. The van der Waals surface area contributed by atoms with Crippen molar-refractivity contribution in [3.8, 4) is 0 Å².